The fourth-order valence-corrected chi connectivity index (χ4v) is 4.63. The molecule has 2 aliphatic rings. The van der Waals surface area contributed by atoms with Crippen LogP contribution in [0.25, 0.3) is 11.4 Å². The Kier molecular flexibility index (Phi) is 6.67. The molecule has 0 aliphatic carbocycles. The highest BCUT2D eigenvalue weighted by atomic mass is 19.1. The van der Waals surface area contributed by atoms with E-state index in [0.717, 1.165) is 29.1 Å². The van der Waals surface area contributed by atoms with E-state index < -0.39 is 11.6 Å². The van der Waals surface area contributed by atoms with Crippen LogP contribution in [0.5, 0.6) is 5.75 Å². The third kappa shape index (κ3) is 4.93. The third-order valence-corrected chi connectivity index (χ3v) is 6.61. The highest BCUT2D eigenvalue weighted by molar-refractivity contribution is 5.74. The van der Waals surface area contributed by atoms with Gasteiger partial charge >= 0.3 is 0 Å². The summed E-state index contributed by atoms with van der Waals surface area (Å²) in [5.41, 5.74) is 3.04. The maximum atomic E-state index is 14.1. The van der Waals surface area contributed by atoms with Crippen LogP contribution in [-0.2, 0) is 17.8 Å². The van der Waals surface area contributed by atoms with Crippen molar-refractivity contribution in [3.05, 3.63) is 59.4 Å². The number of aromatic nitrogens is 3. The predicted molar refractivity (Wildman–Crippen MR) is 132 cm³/mol. The van der Waals surface area contributed by atoms with Gasteiger partial charge in [-0.25, -0.2) is 23.7 Å². The number of halogens is 2. The van der Waals surface area contributed by atoms with Crippen molar-refractivity contribution in [2.45, 2.75) is 38.8 Å². The van der Waals surface area contributed by atoms with Crippen LogP contribution >= 0.6 is 0 Å². The van der Waals surface area contributed by atoms with Gasteiger partial charge in [0, 0.05) is 58.9 Å². The second kappa shape index (κ2) is 10.0. The summed E-state index contributed by atoms with van der Waals surface area (Å²) in [6, 6.07) is 9.05. The fourth-order valence-electron chi connectivity index (χ4n) is 4.63. The molecule has 1 aromatic carbocycles. The van der Waals surface area contributed by atoms with Crippen molar-refractivity contribution in [3.63, 3.8) is 0 Å². The molecule has 4 heterocycles. The summed E-state index contributed by atoms with van der Waals surface area (Å²) in [7, 11) is 1.81. The molecule has 5 rings (SSSR count). The first-order valence-corrected chi connectivity index (χ1v) is 12.1. The monoisotopic (exact) mass is 494 g/mol. The summed E-state index contributed by atoms with van der Waals surface area (Å²) in [4.78, 5) is 30.6. The van der Waals surface area contributed by atoms with Crippen molar-refractivity contribution in [3.8, 4) is 17.1 Å². The fraction of sp³-hybridized carbons (Fsp3) is 0.385. The number of ether oxygens (including phenoxy) is 1. The van der Waals surface area contributed by atoms with Gasteiger partial charge in [0.15, 0.2) is 17.4 Å². The van der Waals surface area contributed by atoms with Gasteiger partial charge in [0.1, 0.15) is 23.4 Å². The number of piperidine rings is 1. The maximum absolute atomic E-state index is 14.1. The molecule has 1 fully saturated rings. The number of hydrogen-bond donors (Lipinski definition) is 1. The zero-order chi connectivity index (χ0) is 25.2. The molecule has 0 atom stereocenters. The Labute approximate surface area is 208 Å². The van der Waals surface area contributed by atoms with Gasteiger partial charge in [-0.2, -0.15) is 0 Å². The van der Waals surface area contributed by atoms with E-state index in [2.05, 4.69) is 15.2 Å². The minimum absolute atomic E-state index is 0.0167. The van der Waals surface area contributed by atoms with Crippen molar-refractivity contribution in [2.75, 3.05) is 36.9 Å². The molecule has 0 unspecified atom stereocenters. The average Bonchev–Trinajstić information content (AvgIpc) is 2.89. The summed E-state index contributed by atoms with van der Waals surface area (Å²) in [5.74, 6) is 0.218. The number of carbonyl (C=O) groups is 1. The number of benzene rings is 1. The minimum atomic E-state index is -0.699. The SMILES string of the molecule is CNc1cccc(-c2nc3c(nc2N2CCC(Oc4ccc(F)cc4F)CC2)CCN(C(C)=O)C3)n1. The van der Waals surface area contributed by atoms with Crippen LogP contribution < -0.4 is 15.0 Å². The first-order chi connectivity index (χ1) is 17.4. The van der Waals surface area contributed by atoms with Crippen LogP contribution in [-0.4, -0.2) is 58.5 Å². The molecule has 8 nitrogen and oxygen atoms in total. The van der Waals surface area contributed by atoms with E-state index in [0.29, 0.717) is 56.8 Å². The molecular weight excluding hydrogens is 466 g/mol. The summed E-state index contributed by atoms with van der Waals surface area (Å²) in [6.07, 6.45) is 1.75. The second-order valence-electron chi connectivity index (χ2n) is 9.02. The standard InChI is InChI=1S/C26H28F2N6O2/c1-16(35)34-13-10-20-22(15-34)31-25(21-4-3-5-24(29-2)30-21)26(32-20)33-11-8-18(9-12-33)36-23-7-6-17(27)14-19(23)28/h3-7,14,18H,8-13,15H2,1-2H3,(H,29,30). The molecule has 0 saturated carbocycles. The molecule has 1 amide bonds. The van der Waals surface area contributed by atoms with Gasteiger partial charge in [0.05, 0.1) is 23.6 Å². The Hall–Kier alpha value is -3.82. The normalized spacial score (nSPS) is 16.0. The number of carbonyl (C=O) groups excluding carboxylic acids is 1. The Morgan fingerprint density at radius 3 is 2.58 bits per heavy atom. The average molecular weight is 495 g/mol. The van der Waals surface area contributed by atoms with E-state index in [9.17, 15) is 13.6 Å². The number of amides is 1. The molecule has 188 valence electrons. The number of nitrogens with zero attached hydrogens (tertiary/aromatic N) is 5. The first-order valence-electron chi connectivity index (χ1n) is 12.1. The summed E-state index contributed by atoms with van der Waals surface area (Å²) < 4.78 is 33.1. The molecule has 0 radical (unpaired) electrons. The molecule has 1 saturated heterocycles. The zero-order valence-corrected chi connectivity index (χ0v) is 20.3. The minimum Gasteiger partial charge on any atom is -0.487 e. The highest BCUT2D eigenvalue weighted by Gasteiger charge is 2.29. The predicted octanol–water partition coefficient (Wildman–Crippen LogP) is 3.81. The molecule has 10 heteroatoms. The molecule has 2 aliphatic heterocycles. The number of fused-ring (bicyclic) bond motifs is 1. The van der Waals surface area contributed by atoms with Crippen LogP contribution in [0.4, 0.5) is 20.4 Å². The van der Waals surface area contributed by atoms with Gasteiger partial charge in [0.2, 0.25) is 5.91 Å². The Balaban J connectivity index is 1.41. The van der Waals surface area contributed by atoms with E-state index >= 15 is 0 Å². The largest absolute Gasteiger partial charge is 0.487 e. The number of hydrogen-bond acceptors (Lipinski definition) is 7. The number of anilines is 2. The van der Waals surface area contributed by atoms with Crippen molar-refractivity contribution >= 4 is 17.5 Å². The Morgan fingerprint density at radius 2 is 1.86 bits per heavy atom. The lowest BCUT2D eigenvalue weighted by molar-refractivity contribution is -0.129. The van der Waals surface area contributed by atoms with Gasteiger partial charge in [0.25, 0.3) is 0 Å². The van der Waals surface area contributed by atoms with E-state index in [1.54, 1.807) is 11.8 Å². The lowest BCUT2D eigenvalue weighted by atomic mass is 10.1. The van der Waals surface area contributed by atoms with Crippen molar-refractivity contribution in [1.82, 2.24) is 19.9 Å². The Bertz CT molecular complexity index is 1280. The lowest BCUT2D eigenvalue weighted by Gasteiger charge is -2.35. The molecule has 0 bridgehead atoms. The van der Waals surface area contributed by atoms with Gasteiger partial charge in [-0.15, -0.1) is 0 Å². The molecule has 3 aromatic rings. The zero-order valence-electron chi connectivity index (χ0n) is 20.3. The summed E-state index contributed by atoms with van der Waals surface area (Å²) in [6.45, 7) is 3.88. The van der Waals surface area contributed by atoms with Gasteiger partial charge < -0.3 is 19.9 Å². The van der Waals surface area contributed by atoms with E-state index in [4.69, 9.17) is 14.7 Å². The topological polar surface area (TPSA) is 83.5 Å². The van der Waals surface area contributed by atoms with Crippen LogP contribution in [0.15, 0.2) is 36.4 Å². The van der Waals surface area contributed by atoms with Crippen LogP contribution in [0.1, 0.15) is 31.2 Å². The van der Waals surface area contributed by atoms with Crippen LogP contribution in [0.3, 0.4) is 0 Å². The molecular formula is C26H28F2N6O2. The molecule has 2 aromatic heterocycles. The first kappa shape index (κ1) is 23.9. The van der Waals surface area contributed by atoms with Crippen molar-refractivity contribution in [2.24, 2.45) is 0 Å². The van der Waals surface area contributed by atoms with E-state index in [1.165, 1.54) is 12.1 Å². The molecule has 0 spiro atoms. The third-order valence-electron chi connectivity index (χ3n) is 6.61. The van der Waals surface area contributed by atoms with Crippen molar-refractivity contribution in [1.29, 1.82) is 0 Å². The lowest BCUT2D eigenvalue weighted by Crippen LogP contribution is -2.40. The van der Waals surface area contributed by atoms with Crippen LogP contribution in [0, 0.1) is 11.6 Å². The van der Waals surface area contributed by atoms with E-state index in [-0.39, 0.29) is 17.8 Å². The number of pyridine rings is 1. The number of rotatable bonds is 5. The maximum Gasteiger partial charge on any atom is 0.219 e. The molecule has 36 heavy (non-hydrogen) atoms. The summed E-state index contributed by atoms with van der Waals surface area (Å²) >= 11 is 0. The molecule has 1 N–H and O–H groups in total. The highest BCUT2D eigenvalue weighted by Crippen LogP contribution is 2.32. The van der Waals surface area contributed by atoms with Crippen LogP contribution in [0.2, 0.25) is 0 Å². The van der Waals surface area contributed by atoms with E-state index in [1.807, 2.05) is 25.2 Å². The van der Waals surface area contributed by atoms with Gasteiger partial charge in [-0.05, 0) is 24.3 Å². The van der Waals surface area contributed by atoms with Gasteiger partial charge in [-0.1, -0.05) is 6.07 Å². The summed E-state index contributed by atoms with van der Waals surface area (Å²) in [5, 5.41) is 3.06. The quantitative estimate of drug-likeness (QED) is 0.578. The Morgan fingerprint density at radius 1 is 1.06 bits per heavy atom. The van der Waals surface area contributed by atoms with Gasteiger partial charge in [-0.3, -0.25) is 4.79 Å². The van der Waals surface area contributed by atoms with Crippen molar-refractivity contribution < 1.29 is 18.3 Å². The number of nitrogens with one attached hydrogen (secondary N) is 1. The second-order valence-corrected chi connectivity index (χ2v) is 9.02. The smallest absolute Gasteiger partial charge is 0.219 e.